The predicted molar refractivity (Wildman–Crippen MR) is 39.6 cm³/mol. The Hall–Kier alpha value is -0.910. The SMILES string of the molecule is C=CC(N)=O.OCC(O)CO. The molecule has 0 unspecified atom stereocenters. The lowest BCUT2D eigenvalue weighted by Crippen LogP contribution is -2.15. The summed E-state index contributed by atoms with van der Waals surface area (Å²) in [6.07, 6.45) is 0.102. The molecule has 0 saturated carbocycles. The van der Waals surface area contributed by atoms with Gasteiger partial charge in [0.05, 0.1) is 13.2 Å². The van der Waals surface area contributed by atoms with E-state index in [1.165, 1.54) is 0 Å². The molecular weight excluding hydrogens is 150 g/mol. The van der Waals surface area contributed by atoms with Crippen LogP contribution in [0.2, 0.25) is 0 Å². The smallest absolute Gasteiger partial charge is 0.240 e. The molecule has 0 aromatic rings. The number of hydrogen-bond donors (Lipinski definition) is 4. The summed E-state index contributed by atoms with van der Waals surface area (Å²) in [6, 6.07) is 0. The molecule has 0 aliphatic rings. The van der Waals surface area contributed by atoms with Gasteiger partial charge in [0.15, 0.2) is 0 Å². The Morgan fingerprint density at radius 3 is 1.82 bits per heavy atom. The van der Waals surface area contributed by atoms with Crippen molar-refractivity contribution < 1.29 is 20.1 Å². The molecule has 0 heterocycles. The molecule has 0 spiro atoms. The van der Waals surface area contributed by atoms with Gasteiger partial charge in [-0.2, -0.15) is 0 Å². The highest BCUT2D eigenvalue weighted by Gasteiger charge is 1.93. The Kier molecular flexibility index (Phi) is 10.5. The Bertz CT molecular complexity index is 111. The van der Waals surface area contributed by atoms with Crippen molar-refractivity contribution >= 4 is 5.91 Å². The third-order valence-corrected chi connectivity index (χ3v) is 0.623. The topological polar surface area (TPSA) is 104 Å². The van der Waals surface area contributed by atoms with E-state index in [0.717, 1.165) is 6.08 Å². The summed E-state index contributed by atoms with van der Waals surface area (Å²) in [5, 5.41) is 24.0. The maximum absolute atomic E-state index is 9.47. The van der Waals surface area contributed by atoms with Gasteiger partial charge < -0.3 is 21.1 Å². The third-order valence-electron chi connectivity index (χ3n) is 0.623. The van der Waals surface area contributed by atoms with E-state index in [9.17, 15) is 4.79 Å². The van der Waals surface area contributed by atoms with Gasteiger partial charge in [0, 0.05) is 0 Å². The zero-order chi connectivity index (χ0) is 9.28. The molecule has 0 atom stereocenters. The summed E-state index contributed by atoms with van der Waals surface area (Å²) in [5.41, 5.74) is 4.53. The summed E-state index contributed by atoms with van der Waals surface area (Å²) in [4.78, 5) is 9.47. The number of carbonyl (C=O) groups is 1. The van der Waals surface area contributed by atoms with Crippen LogP contribution < -0.4 is 5.73 Å². The molecule has 5 heteroatoms. The summed E-state index contributed by atoms with van der Waals surface area (Å²) >= 11 is 0. The minimum absolute atomic E-state index is 0.365. The van der Waals surface area contributed by atoms with E-state index in [1.807, 2.05) is 0 Å². The number of hydrogen-bond acceptors (Lipinski definition) is 4. The quantitative estimate of drug-likeness (QED) is 0.361. The molecule has 5 N–H and O–H groups in total. The molecule has 0 fully saturated rings. The highest BCUT2D eigenvalue weighted by molar-refractivity contribution is 5.84. The standard InChI is InChI=1S/C3H5NO.C3H8O3/c1-2-3(4)5;4-1-3(6)2-5/h2H,1H2,(H2,4,5);3-6H,1-2H2. The largest absolute Gasteiger partial charge is 0.394 e. The predicted octanol–water partition coefficient (Wildman–Crippen LogP) is -2.01. The van der Waals surface area contributed by atoms with Crippen LogP contribution in [0.25, 0.3) is 0 Å². The fraction of sp³-hybridized carbons (Fsp3) is 0.500. The average Bonchev–Trinajstić information content (AvgIpc) is 2.04. The third kappa shape index (κ3) is 17.6. The van der Waals surface area contributed by atoms with Gasteiger partial charge in [-0.05, 0) is 6.08 Å². The molecule has 0 bridgehead atoms. The lowest BCUT2D eigenvalue weighted by molar-refractivity contribution is -0.113. The van der Waals surface area contributed by atoms with Crippen LogP contribution in [-0.2, 0) is 4.79 Å². The van der Waals surface area contributed by atoms with Crippen molar-refractivity contribution in [3.05, 3.63) is 12.7 Å². The first-order chi connectivity index (χ1) is 5.08. The molecule has 0 rings (SSSR count). The van der Waals surface area contributed by atoms with Crippen molar-refractivity contribution in [2.24, 2.45) is 5.73 Å². The average molecular weight is 163 g/mol. The summed E-state index contributed by atoms with van der Waals surface area (Å²) in [6.45, 7) is 2.36. The van der Waals surface area contributed by atoms with Crippen molar-refractivity contribution in [2.45, 2.75) is 6.10 Å². The van der Waals surface area contributed by atoms with Gasteiger partial charge in [0.1, 0.15) is 6.10 Å². The second kappa shape index (κ2) is 9.09. The Labute approximate surface area is 64.8 Å². The molecule has 0 aromatic heterocycles. The highest BCUT2D eigenvalue weighted by Crippen LogP contribution is 1.71. The van der Waals surface area contributed by atoms with Crippen LogP contribution in [0.5, 0.6) is 0 Å². The van der Waals surface area contributed by atoms with Gasteiger partial charge in [0.25, 0.3) is 0 Å². The van der Waals surface area contributed by atoms with Crippen molar-refractivity contribution in [3.63, 3.8) is 0 Å². The van der Waals surface area contributed by atoms with Crippen LogP contribution in [0.1, 0.15) is 0 Å². The molecule has 0 saturated heterocycles. The number of aliphatic hydroxyl groups excluding tert-OH is 3. The minimum atomic E-state index is -0.954. The van der Waals surface area contributed by atoms with E-state index in [1.54, 1.807) is 0 Å². The van der Waals surface area contributed by atoms with E-state index in [0.29, 0.717) is 0 Å². The molecule has 0 aliphatic carbocycles. The molecule has 5 nitrogen and oxygen atoms in total. The number of primary amides is 1. The molecule has 11 heavy (non-hydrogen) atoms. The van der Waals surface area contributed by atoms with Crippen LogP contribution >= 0.6 is 0 Å². The normalized spacial score (nSPS) is 8.36. The first-order valence-corrected chi connectivity index (χ1v) is 2.90. The Morgan fingerprint density at radius 2 is 1.82 bits per heavy atom. The van der Waals surface area contributed by atoms with E-state index < -0.39 is 12.0 Å². The van der Waals surface area contributed by atoms with Crippen molar-refractivity contribution in [2.75, 3.05) is 13.2 Å². The van der Waals surface area contributed by atoms with E-state index >= 15 is 0 Å². The minimum Gasteiger partial charge on any atom is -0.394 e. The van der Waals surface area contributed by atoms with Gasteiger partial charge in [-0.3, -0.25) is 4.79 Å². The zero-order valence-corrected chi connectivity index (χ0v) is 6.10. The first-order valence-electron chi connectivity index (χ1n) is 2.90. The van der Waals surface area contributed by atoms with Gasteiger partial charge in [-0.15, -0.1) is 0 Å². The number of rotatable bonds is 3. The van der Waals surface area contributed by atoms with Crippen LogP contribution in [0.4, 0.5) is 0 Å². The number of amides is 1. The first kappa shape index (κ1) is 12.7. The molecule has 0 radical (unpaired) electrons. The summed E-state index contributed by atoms with van der Waals surface area (Å²) in [5.74, 6) is -0.481. The lowest BCUT2D eigenvalue weighted by Gasteiger charge is -1.96. The van der Waals surface area contributed by atoms with Crippen LogP contribution in [0, 0.1) is 0 Å². The van der Waals surface area contributed by atoms with Crippen molar-refractivity contribution in [1.29, 1.82) is 0 Å². The Morgan fingerprint density at radius 1 is 1.55 bits per heavy atom. The lowest BCUT2D eigenvalue weighted by atomic mass is 10.4. The summed E-state index contributed by atoms with van der Waals surface area (Å²) in [7, 11) is 0. The highest BCUT2D eigenvalue weighted by atomic mass is 16.3. The van der Waals surface area contributed by atoms with Crippen molar-refractivity contribution in [1.82, 2.24) is 0 Å². The summed E-state index contributed by atoms with van der Waals surface area (Å²) < 4.78 is 0. The molecule has 1 amide bonds. The van der Waals surface area contributed by atoms with Crippen LogP contribution in [0.3, 0.4) is 0 Å². The van der Waals surface area contributed by atoms with E-state index in [4.69, 9.17) is 15.3 Å². The number of aliphatic hydroxyl groups is 3. The second-order valence-corrected chi connectivity index (χ2v) is 1.63. The fourth-order valence-corrected chi connectivity index (χ4v) is 0.0577. The van der Waals surface area contributed by atoms with Gasteiger partial charge in [0.2, 0.25) is 5.91 Å². The fourth-order valence-electron chi connectivity index (χ4n) is 0.0577. The van der Waals surface area contributed by atoms with Gasteiger partial charge in [-0.1, -0.05) is 6.58 Å². The monoisotopic (exact) mass is 163 g/mol. The molecule has 0 aliphatic heterocycles. The maximum Gasteiger partial charge on any atom is 0.240 e. The number of nitrogens with two attached hydrogens (primary N) is 1. The van der Waals surface area contributed by atoms with E-state index in [-0.39, 0.29) is 13.2 Å². The maximum atomic E-state index is 9.47. The van der Waals surface area contributed by atoms with Gasteiger partial charge in [-0.25, -0.2) is 0 Å². The van der Waals surface area contributed by atoms with Crippen LogP contribution in [-0.4, -0.2) is 40.5 Å². The Balaban J connectivity index is 0. The van der Waals surface area contributed by atoms with Crippen molar-refractivity contribution in [3.8, 4) is 0 Å². The molecule has 0 aromatic carbocycles. The van der Waals surface area contributed by atoms with Crippen LogP contribution in [0.15, 0.2) is 12.7 Å². The number of carbonyl (C=O) groups excluding carboxylic acids is 1. The van der Waals surface area contributed by atoms with E-state index in [2.05, 4.69) is 12.3 Å². The molecular formula is C6H13NO4. The molecule has 66 valence electrons. The zero-order valence-electron chi connectivity index (χ0n) is 6.10. The van der Waals surface area contributed by atoms with Gasteiger partial charge >= 0.3 is 0 Å². The second-order valence-electron chi connectivity index (χ2n) is 1.63.